The van der Waals surface area contributed by atoms with E-state index in [4.69, 9.17) is 25.2 Å². The Labute approximate surface area is 162 Å². The predicted octanol–water partition coefficient (Wildman–Crippen LogP) is 3.62. The third-order valence-corrected chi connectivity index (χ3v) is 5.85. The molecule has 1 saturated heterocycles. The van der Waals surface area contributed by atoms with Gasteiger partial charge in [-0.2, -0.15) is 0 Å². The van der Waals surface area contributed by atoms with Crippen molar-refractivity contribution in [2.75, 3.05) is 18.9 Å². The zero-order chi connectivity index (χ0) is 19.1. The van der Waals surface area contributed by atoms with Crippen LogP contribution in [0.1, 0.15) is 54.9 Å². The van der Waals surface area contributed by atoms with Crippen molar-refractivity contribution in [2.24, 2.45) is 0 Å². The number of para-hydroxylation sites is 2. The molecule has 2 aliphatic rings. The molecule has 1 aromatic carbocycles. The number of benzene rings is 1. The molecule has 0 amide bonds. The molecule has 0 radical (unpaired) electrons. The van der Waals surface area contributed by atoms with E-state index in [1.807, 2.05) is 28.8 Å². The van der Waals surface area contributed by atoms with E-state index in [1.54, 1.807) is 0 Å². The number of aromatic nitrogens is 3. The Morgan fingerprint density at radius 1 is 1.14 bits per heavy atom. The highest BCUT2D eigenvalue weighted by Crippen LogP contribution is 2.38. The topological polar surface area (TPSA) is 92.3 Å². The molecule has 1 atom stereocenters. The molecule has 3 heterocycles. The molecule has 5 rings (SSSR count). The monoisotopic (exact) mass is 380 g/mol. The van der Waals surface area contributed by atoms with E-state index in [0.717, 1.165) is 56.2 Å². The van der Waals surface area contributed by atoms with Crippen LogP contribution in [0.5, 0.6) is 0 Å². The zero-order valence-corrected chi connectivity index (χ0v) is 15.8. The van der Waals surface area contributed by atoms with Crippen molar-refractivity contribution >= 4 is 34.0 Å². The minimum Gasteiger partial charge on any atom is -0.459 e. The Bertz CT molecular complexity index is 1030. The quantitative estimate of drug-likeness (QED) is 0.695. The van der Waals surface area contributed by atoms with E-state index in [0.29, 0.717) is 22.5 Å². The van der Waals surface area contributed by atoms with Gasteiger partial charge < -0.3 is 19.8 Å². The SMILES string of the molecule is Nc1c(C(=O)OC[C@@H]2CCCO2)c2nc3ccccc3nc2n1C1CCCC1. The Morgan fingerprint density at radius 3 is 2.61 bits per heavy atom. The van der Waals surface area contributed by atoms with Gasteiger partial charge in [-0.3, -0.25) is 0 Å². The number of anilines is 1. The summed E-state index contributed by atoms with van der Waals surface area (Å²) < 4.78 is 13.1. The minimum absolute atomic E-state index is 0.0275. The molecular formula is C21H24N4O3. The Hall–Kier alpha value is -2.67. The molecule has 28 heavy (non-hydrogen) atoms. The summed E-state index contributed by atoms with van der Waals surface area (Å²) in [6.07, 6.45) is 6.27. The van der Waals surface area contributed by atoms with Gasteiger partial charge in [-0.15, -0.1) is 0 Å². The third-order valence-electron chi connectivity index (χ3n) is 5.85. The number of carbonyl (C=O) groups excluding carboxylic acids is 1. The minimum atomic E-state index is -0.445. The van der Waals surface area contributed by atoms with Gasteiger partial charge >= 0.3 is 5.97 Å². The van der Waals surface area contributed by atoms with Crippen LogP contribution in [0, 0.1) is 0 Å². The van der Waals surface area contributed by atoms with Crippen molar-refractivity contribution < 1.29 is 14.3 Å². The van der Waals surface area contributed by atoms with E-state index < -0.39 is 5.97 Å². The van der Waals surface area contributed by atoms with Gasteiger partial charge in [-0.25, -0.2) is 14.8 Å². The Morgan fingerprint density at radius 2 is 1.89 bits per heavy atom. The molecule has 2 aromatic heterocycles. The Kier molecular flexibility index (Phi) is 4.39. The summed E-state index contributed by atoms with van der Waals surface area (Å²) in [6.45, 7) is 0.970. The third kappa shape index (κ3) is 2.90. The van der Waals surface area contributed by atoms with Gasteiger partial charge in [-0.1, -0.05) is 25.0 Å². The van der Waals surface area contributed by atoms with Crippen molar-refractivity contribution in [1.29, 1.82) is 0 Å². The second kappa shape index (κ2) is 7.05. The van der Waals surface area contributed by atoms with Crippen LogP contribution in [0.2, 0.25) is 0 Å². The summed E-state index contributed by atoms with van der Waals surface area (Å²) in [5.74, 6) is -0.0334. The summed E-state index contributed by atoms with van der Waals surface area (Å²) in [5.41, 5.74) is 9.57. The fourth-order valence-electron chi connectivity index (χ4n) is 4.43. The number of hydrogen-bond donors (Lipinski definition) is 1. The van der Waals surface area contributed by atoms with Crippen LogP contribution >= 0.6 is 0 Å². The summed E-state index contributed by atoms with van der Waals surface area (Å²) in [4.78, 5) is 22.5. The lowest BCUT2D eigenvalue weighted by Gasteiger charge is -2.15. The van der Waals surface area contributed by atoms with Gasteiger partial charge in [0.25, 0.3) is 0 Å². The number of carbonyl (C=O) groups is 1. The summed E-state index contributed by atoms with van der Waals surface area (Å²) in [5, 5.41) is 0. The first-order valence-corrected chi connectivity index (χ1v) is 10.1. The molecule has 2 fully saturated rings. The molecule has 1 aliphatic heterocycles. The second-order valence-electron chi connectivity index (χ2n) is 7.69. The Balaban J connectivity index is 1.60. The molecule has 7 heteroatoms. The maximum atomic E-state index is 13.0. The average Bonchev–Trinajstić information content (AvgIpc) is 3.44. The van der Waals surface area contributed by atoms with Gasteiger partial charge in [0, 0.05) is 12.6 Å². The van der Waals surface area contributed by atoms with Gasteiger partial charge in [0.05, 0.1) is 17.1 Å². The van der Waals surface area contributed by atoms with Crippen LogP contribution in [-0.4, -0.2) is 39.8 Å². The number of fused-ring (bicyclic) bond motifs is 2. The number of rotatable bonds is 4. The number of esters is 1. The normalized spacial score (nSPS) is 20.4. The first kappa shape index (κ1) is 17.4. The van der Waals surface area contributed by atoms with E-state index in [-0.39, 0.29) is 18.8 Å². The largest absolute Gasteiger partial charge is 0.459 e. The van der Waals surface area contributed by atoms with Crippen LogP contribution in [-0.2, 0) is 9.47 Å². The average molecular weight is 380 g/mol. The van der Waals surface area contributed by atoms with Gasteiger partial charge in [0.2, 0.25) is 0 Å². The van der Waals surface area contributed by atoms with Gasteiger partial charge in [0.15, 0.2) is 5.65 Å². The summed E-state index contributed by atoms with van der Waals surface area (Å²) in [6, 6.07) is 7.92. The van der Waals surface area contributed by atoms with E-state index >= 15 is 0 Å². The van der Waals surface area contributed by atoms with Crippen molar-refractivity contribution in [3.05, 3.63) is 29.8 Å². The standard InChI is InChI=1S/C21H24N4O3/c22-19-17(21(26)28-12-14-8-5-11-27-14)18-20(25(19)13-6-1-2-7-13)24-16-10-4-3-9-15(16)23-18/h3-4,9-10,13-14H,1-2,5-8,11-12,22H2/t14-/m0/s1. The summed E-state index contributed by atoms with van der Waals surface area (Å²) in [7, 11) is 0. The maximum Gasteiger partial charge on any atom is 0.344 e. The predicted molar refractivity (Wildman–Crippen MR) is 106 cm³/mol. The fourth-order valence-corrected chi connectivity index (χ4v) is 4.43. The molecule has 7 nitrogen and oxygen atoms in total. The lowest BCUT2D eigenvalue weighted by molar-refractivity contribution is 0.0163. The lowest BCUT2D eigenvalue weighted by Crippen LogP contribution is -2.19. The molecule has 0 spiro atoms. The van der Waals surface area contributed by atoms with Crippen molar-refractivity contribution in [3.63, 3.8) is 0 Å². The second-order valence-corrected chi connectivity index (χ2v) is 7.69. The molecule has 3 aromatic rings. The van der Waals surface area contributed by atoms with E-state index in [1.165, 1.54) is 0 Å². The molecular weight excluding hydrogens is 356 g/mol. The molecule has 1 saturated carbocycles. The number of nitrogens with zero attached hydrogens (tertiary/aromatic N) is 3. The van der Waals surface area contributed by atoms with Gasteiger partial charge in [0.1, 0.15) is 23.5 Å². The van der Waals surface area contributed by atoms with Crippen LogP contribution in [0.3, 0.4) is 0 Å². The van der Waals surface area contributed by atoms with E-state index in [2.05, 4.69) is 0 Å². The number of hydrogen-bond acceptors (Lipinski definition) is 6. The molecule has 2 N–H and O–H groups in total. The van der Waals surface area contributed by atoms with Crippen LogP contribution in [0.15, 0.2) is 24.3 Å². The van der Waals surface area contributed by atoms with Crippen LogP contribution < -0.4 is 5.73 Å². The highest BCUT2D eigenvalue weighted by atomic mass is 16.6. The maximum absolute atomic E-state index is 13.0. The van der Waals surface area contributed by atoms with Crippen molar-refractivity contribution in [1.82, 2.24) is 14.5 Å². The lowest BCUT2D eigenvalue weighted by atomic mass is 10.2. The van der Waals surface area contributed by atoms with Crippen LogP contribution in [0.4, 0.5) is 5.82 Å². The smallest absolute Gasteiger partial charge is 0.344 e. The van der Waals surface area contributed by atoms with Crippen molar-refractivity contribution in [2.45, 2.75) is 50.7 Å². The van der Waals surface area contributed by atoms with Crippen molar-refractivity contribution in [3.8, 4) is 0 Å². The molecule has 0 unspecified atom stereocenters. The fraction of sp³-hybridized carbons (Fsp3) is 0.476. The highest BCUT2D eigenvalue weighted by molar-refractivity contribution is 6.08. The molecule has 146 valence electrons. The summed E-state index contributed by atoms with van der Waals surface area (Å²) >= 11 is 0. The zero-order valence-electron chi connectivity index (χ0n) is 15.8. The van der Waals surface area contributed by atoms with Crippen LogP contribution in [0.25, 0.3) is 22.2 Å². The number of ether oxygens (including phenoxy) is 2. The number of nitrogens with two attached hydrogens (primary N) is 1. The van der Waals surface area contributed by atoms with Gasteiger partial charge in [-0.05, 0) is 37.8 Å². The van der Waals surface area contributed by atoms with E-state index in [9.17, 15) is 4.79 Å². The highest BCUT2D eigenvalue weighted by Gasteiger charge is 2.30. The first-order chi connectivity index (χ1) is 13.7. The first-order valence-electron chi connectivity index (χ1n) is 10.1. The molecule has 0 bridgehead atoms. The number of nitrogen functional groups attached to an aromatic ring is 1. The molecule has 1 aliphatic carbocycles.